The van der Waals surface area contributed by atoms with Crippen molar-refractivity contribution in [2.24, 2.45) is 0 Å². The Labute approximate surface area is 165 Å². The van der Waals surface area contributed by atoms with Gasteiger partial charge in [0.1, 0.15) is 0 Å². The second-order valence-electron chi connectivity index (χ2n) is 6.95. The molecule has 146 valence electrons. The molecule has 7 nitrogen and oxygen atoms in total. The molecule has 0 spiro atoms. The average molecular weight is 378 g/mol. The van der Waals surface area contributed by atoms with E-state index in [0.29, 0.717) is 11.4 Å². The number of aromatic nitrogens is 4. The quantitative estimate of drug-likeness (QED) is 0.713. The lowest BCUT2D eigenvalue weighted by molar-refractivity contribution is 0.0940. The van der Waals surface area contributed by atoms with E-state index < -0.39 is 0 Å². The lowest BCUT2D eigenvalue weighted by atomic mass is 10.1. The number of anilines is 1. The standard InChI is InChI=1S/C21H26N6O/c1-6-27-21(26(4)5)24-19(25-27)16-8-7-9-17(12-16)20(28)23-15(3)18-11-10-14(2)22-13-18/h7-13,15H,6H2,1-5H3,(H,23,28)/t15-/m0/s1. The third-order valence-electron chi connectivity index (χ3n) is 4.52. The molecule has 0 fully saturated rings. The third-order valence-corrected chi connectivity index (χ3v) is 4.52. The highest BCUT2D eigenvalue weighted by Crippen LogP contribution is 2.21. The lowest BCUT2D eigenvalue weighted by Crippen LogP contribution is -2.26. The van der Waals surface area contributed by atoms with Gasteiger partial charge in [-0.1, -0.05) is 18.2 Å². The zero-order valence-electron chi connectivity index (χ0n) is 17.0. The van der Waals surface area contributed by atoms with Crippen LogP contribution < -0.4 is 10.2 Å². The molecule has 0 radical (unpaired) electrons. The number of hydrogen-bond acceptors (Lipinski definition) is 5. The van der Waals surface area contributed by atoms with E-state index in [1.54, 1.807) is 12.3 Å². The topological polar surface area (TPSA) is 75.9 Å². The van der Waals surface area contributed by atoms with Crippen LogP contribution in [-0.4, -0.2) is 39.8 Å². The Morgan fingerprint density at radius 3 is 2.64 bits per heavy atom. The molecule has 3 aromatic rings. The number of rotatable bonds is 6. The van der Waals surface area contributed by atoms with Gasteiger partial charge in [0, 0.05) is 43.7 Å². The second-order valence-corrected chi connectivity index (χ2v) is 6.95. The van der Waals surface area contributed by atoms with Crippen LogP contribution in [0.3, 0.4) is 0 Å². The molecule has 0 aliphatic heterocycles. The highest BCUT2D eigenvalue weighted by molar-refractivity contribution is 5.95. The molecule has 1 N–H and O–H groups in total. The van der Waals surface area contributed by atoms with Crippen molar-refractivity contribution in [3.63, 3.8) is 0 Å². The van der Waals surface area contributed by atoms with Gasteiger partial charge in [-0.3, -0.25) is 9.78 Å². The molecule has 0 aliphatic carbocycles. The van der Waals surface area contributed by atoms with Gasteiger partial charge >= 0.3 is 0 Å². The summed E-state index contributed by atoms with van der Waals surface area (Å²) in [6.07, 6.45) is 1.79. The lowest BCUT2D eigenvalue weighted by Gasteiger charge is -2.14. The second kappa shape index (κ2) is 8.21. The van der Waals surface area contributed by atoms with Gasteiger partial charge in [-0.25, -0.2) is 4.68 Å². The van der Waals surface area contributed by atoms with Crippen molar-refractivity contribution >= 4 is 11.9 Å². The third kappa shape index (κ3) is 4.19. The number of nitrogens with one attached hydrogen (secondary N) is 1. The first-order valence-electron chi connectivity index (χ1n) is 9.35. The molecule has 0 saturated carbocycles. The predicted molar refractivity (Wildman–Crippen MR) is 110 cm³/mol. The maximum atomic E-state index is 12.7. The fourth-order valence-electron chi connectivity index (χ4n) is 2.90. The van der Waals surface area contributed by atoms with E-state index in [-0.39, 0.29) is 11.9 Å². The van der Waals surface area contributed by atoms with Crippen LogP contribution in [0.15, 0.2) is 42.6 Å². The Bertz CT molecular complexity index is 961. The number of benzene rings is 1. The van der Waals surface area contributed by atoms with E-state index in [0.717, 1.165) is 29.3 Å². The van der Waals surface area contributed by atoms with Crippen LogP contribution in [0.5, 0.6) is 0 Å². The van der Waals surface area contributed by atoms with Crippen LogP contribution >= 0.6 is 0 Å². The smallest absolute Gasteiger partial charge is 0.251 e. The number of pyridine rings is 1. The van der Waals surface area contributed by atoms with Gasteiger partial charge in [0.05, 0.1) is 6.04 Å². The first-order chi connectivity index (χ1) is 13.4. The highest BCUT2D eigenvalue weighted by atomic mass is 16.1. The minimum Gasteiger partial charge on any atom is -0.347 e. The Morgan fingerprint density at radius 1 is 1.25 bits per heavy atom. The predicted octanol–water partition coefficient (Wildman–Crippen LogP) is 3.23. The molecule has 0 saturated heterocycles. The van der Waals surface area contributed by atoms with Gasteiger partial charge in [-0.05, 0) is 44.5 Å². The normalized spacial score (nSPS) is 11.9. The van der Waals surface area contributed by atoms with Gasteiger partial charge in [0.15, 0.2) is 5.82 Å². The SMILES string of the molecule is CCn1nc(-c2cccc(C(=O)N[C@@H](C)c3ccc(C)nc3)c2)nc1N(C)C. The molecule has 1 atom stereocenters. The van der Waals surface area contributed by atoms with Gasteiger partial charge in [-0.2, -0.15) is 4.98 Å². The number of carbonyl (C=O) groups excluding carboxylic acids is 1. The summed E-state index contributed by atoms with van der Waals surface area (Å²) in [7, 11) is 3.87. The van der Waals surface area contributed by atoms with Crippen LogP contribution in [0.2, 0.25) is 0 Å². The zero-order valence-corrected chi connectivity index (χ0v) is 17.0. The Kier molecular flexibility index (Phi) is 5.73. The molecule has 0 unspecified atom stereocenters. The van der Waals surface area contributed by atoms with Gasteiger partial charge in [0.2, 0.25) is 5.95 Å². The summed E-state index contributed by atoms with van der Waals surface area (Å²) >= 11 is 0. The van der Waals surface area contributed by atoms with Crippen molar-refractivity contribution in [3.8, 4) is 11.4 Å². The average Bonchev–Trinajstić information content (AvgIpc) is 3.13. The monoisotopic (exact) mass is 378 g/mol. The fraction of sp³-hybridized carbons (Fsp3) is 0.333. The summed E-state index contributed by atoms with van der Waals surface area (Å²) in [5.74, 6) is 1.25. The van der Waals surface area contributed by atoms with Gasteiger partial charge in [-0.15, -0.1) is 5.10 Å². The van der Waals surface area contributed by atoms with Crippen LogP contribution in [0, 0.1) is 6.92 Å². The molecule has 0 bridgehead atoms. The summed E-state index contributed by atoms with van der Waals surface area (Å²) in [6.45, 7) is 6.63. The Balaban J connectivity index is 1.81. The molecule has 2 aromatic heterocycles. The van der Waals surface area contributed by atoms with E-state index in [4.69, 9.17) is 0 Å². The molecule has 1 amide bonds. The number of nitrogens with zero attached hydrogens (tertiary/aromatic N) is 5. The molecule has 28 heavy (non-hydrogen) atoms. The maximum absolute atomic E-state index is 12.7. The minimum atomic E-state index is -0.141. The first kappa shape index (κ1) is 19.5. The Hall–Kier alpha value is -3.22. The van der Waals surface area contributed by atoms with Crippen LogP contribution in [0.1, 0.15) is 41.5 Å². The van der Waals surface area contributed by atoms with Gasteiger partial charge in [0.25, 0.3) is 5.91 Å². The molecule has 2 heterocycles. The van der Waals surface area contributed by atoms with Crippen LogP contribution in [0.4, 0.5) is 5.95 Å². The zero-order chi connectivity index (χ0) is 20.3. The largest absolute Gasteiger partial charge is 0.347 e. The van der Waals surface area contributed by atoms with Crippen molar-refractivity contribution in [1.82, 2.24) is 25.1 Å². The first-order valence-corrected chi connectivity index (χ1v) is 9.35. The van der Waals surface area contributed by atoms with Crippen LogP contribution in [-0.2, 0) is 6.54 Å². The summed E-state index contributed by atoms with van der Waals surface area (Å²) < 4.78 is 1.84. The van der Waals surface area contributed by atoms with Crippen molar-refractivity contribution in [1.29, 1.82) is 0 Å². The molecular formula is C21H26N6O. The molecular weight excluding hydrogens is 352 g/mol. The van der Waals surface area contributed by atoms with E-state index in [1.807, 2.05) is 74.8 Å². The Morgan fingerprint density at radius 2 is 2.04 bits per heavy atom. The van der Waals surface area contributed by atoms with E-state index in [9.17, 15) is 4.79 Å². The van der Waals surface area contributed by atoms with Crippen molar-refractivity contribution in [3.05, 3.63) is 59.4 Å². The number of hydrogen-bond donors (Lipinski definition) is 1. The summed E-state index contributed by atoms with van der Waals surface area (Å²) in [4.78, 5) is 23.6. The van der Waals surface area contributed by atoms with Crippen LogP contribution in [0.25, 0.3) is 11.4 Å². The van der Waals surface area contributed by atoms with Gasteiger partial charge < -0.3 is 10.2 Å². The molecule has 1 aromatic carbocycles. The fourth-order valence-corrected chi connectivity index (χ4v) is 2.90. The number of amides is 1. The summed E-state index contributed by atoms with van der Waals surface area (Å²) in [5.41, 5.74) is 3.30. The minimum absolute atomic E-state index is 0.137. The molecule has 7 heteroatoms. The summed E-state index contributed by atoms with van der Waals surface area (Å²) in [6, 6.07) is 11.2. The number of aryl methyl sites for hydroxylation is 2. The molecule has 0 aliphatic rings. The van der Waals surface area contributed by atoms with E-state index in [1.165, 1.54) is 0 Å². The van der Waals surface area contributed by atoms with Crippen molar-refractivity contribution < 1.29 is 4.79 Å². The van der Waals surface area contributed by atoms with E-state index in [2.05, 4.69) is 20.4 Å². The van der Waals surface area contributed by atoms with Crippen molar-refractivity contribution in [2.75, 3.05) is 19.0 Å². The van der Waals surface area contributed by atoms with Crippen molar-refractivity contribution in [2.45, 2.75) is 33.4 Å². The maximum Gasteiger partial charge on any atom is 0.251 e. The summed E-state index contributed by atoms with van der Waals surface area (Å²) in [5, 5.41) is 7.58. The van der Waals surface area contributed by atoms with E-state index >= 15 is 0 Å². The highest BCUT2D eigenvalue weighted by Gasteiger charge is 2.15. The molecule has 3 rings (SSSR count). The number of carbonyl (C=O) groups is 1.